The maximum absolute atomic E-state index is 12.1. The van der Waals surface area contributed by atoms with Gasteiger partial charge in [-0.15, -0.1) is 0 Å². The number of rotatable bonds is 5. The average Bonchev–Trinajstić information content (AvgIpc) is 2.70. The van der Waals surface area contributed by atoms with Crippen LogP contribution in [0.3, 0.4) is 0 Å². The highest BCUT2D eigenvalue weighted by Gasteiger charge is 2.07. The van der Waals surface area contributed by atoms with E-state index in [4.69, 9.17) is 11.6 Å². The summed E-state index contributed by atoms with van der Waals surface area (Å²) in [5, 5.41) is 7.24. The van der Waals surface area contributed by atoms with Crippen molar-refractivity contribution in [2.45, 2.75) is 0 Å². The number of amides is 2. The van der Waals surface area contributed by atoms with Gasteiger partial charge in [0.05, 0.1) is 6.21 Å². The summed E-state index contributed by atoms with van der Waals surface area (Å²) in [4.78, 5) is 24.2. The summed E-state index contributed by atoms with van der Waals surface area (Å²) in [5.74, 6) is -0.573. The zero-order valence-electron chi connectivity index (χ0n) is 14.2. The molecule has 0 radical (unpaired) electrons. The van der Waals surface area contributed by atoms with E-state index in [1.54, 1.807) is 60.7 Å². The van der Waals surface area contributed by atoms with Crippen molar-refractivity contribution in [3.8, 4) is 0 Å². The van der Waals surface area contributed by atoms with Gasteiger partial charge in [0.25, 0.3) is 11.8 Å². The molecule has 3 aromatic rings. The van der Waals surface area contributed by atoms with E-state index in [1.165, 1.54) is 6.21 Å². The van der Waals surface area contributed by atoms with Crippen molar-refractivity contribution in [1.82, 2.24) is 5.43 Å². The van der Waals surface area contributed by atoms with Crippen LogP contribution in [0.1, 0.15) is 26.3 Å². The van der Waals surface area contributed by atoms with E-state index in [2.05, 4.69) is 15.8 Å². The lowest BCUT2D eigenvalue weighted by Gasteiger charge is -2.06. The molecule has 0 saturated heterocycles. The van der Waals surface area contributed by atoms with E-state index >= 15 is 0 Å². The number of anilines is 1. The van der Waals surface area contributed by atoms with E-state index in [1.807, 2.05) is 18.2 Å². The van der Waals surface area contributed by atoms with Gasteiger partial charge in [0, 0.05) is 27.4 Å². The highest BCUT2D eigenvalue weighted by Crippen LogP contribution is 2.13. The first kappa shape index (κ1) is 18.4. The molecular weight excluding hydrogens is 362 g/mol. The number of hydrogen-bond donors (Lipinski definition) is 2. The lowest BCUT2D eigenvalue weighted by Crippen LogP contribution is -2.18. The van der Waals surface area contributed by atoms with Gasteiger partial charge >= 0.3 is 0 Å². The van der Waals surface area contributed by atoms with Gasteiger partial charge in [-0.3, -0.25) is 9.59 Å². The molecule has 5 nitrogen and oxygen atoms in total. The monoisotopic (exact) mass is 377 g/mol. The van der Waals surface area contributed by atoms with Crippen LogP contribution in [-0.2, 0) is 0 Å². The van der Waals surface area contributed by atoms with Crippen LogP contribution in [0.25, 0.3) is 0 Å². The SMILES string of the molecule is O=C(NN=Cc1ccccc1Cl)c1ccc(NC(=O)c2ccccc2)cc1. The summed E-state index contributed by atoms with van der Waals surface area (Å²) in [5.41, 5.74) is 4.73. The second-order valence-electron chi connectivity index (χ2n) is 5.62. The van der Waals surface area contributed by atoms with E-state index in [-0.39, 0.29) is 11.8 Å². The molecule has 3 rings (SSSR count). The van der Waals surface area contributed by atoms with Crippen LogP contribution in [0.15, 0.2) is 84.0 Å². The third-order valence-corrected chi connectivity index (χ3v) is 4.06. The number of hydrazone groups is 1. The normalized spacial score (nSPS) is 10.6. The van der Waals surface area contributed by atoms with Gasteiger partial charge in [0.15, 0.2) is 0 Å². The molecule has 0 fully saturated rings. The van der Waals surface area contributed by atoms with Crippen LogP contribution in [0.4, 0.5) is 5.69 Å². The molecule has 0 atom stereocenters. The summed E-state index contributed by atoms with van der Waals surface area (Å²) in [6.07, 6.45) is 1.48. The summed E-state index contributed by atoms with van der Waals surface area (Å²) in [6, 6.07) is 22.6. The zero-order valence-corrected chi connectivity index (χ0v) is 15.0. The molecule has 27 heavy (non-hydrogen) atoms. The summed E-state index contributed by atoms with van der Waals surface area (Å²) < 4.78 is 0. The summed E-state index contributed by atoms with van der Waals surface area (Å²) in [6.45, 7) is 0. The largest absolute Gasteiger partial charge is 0.322 e. The first-order chi connectivity index (χ1) is 13.1. The van der Waals surface area contributed by atoms with Gasteiger partial charge in [-0.1, -0.05) is 48.0 Å². The molecule has 0 bridgehead atoms. The second kappa shape index (κ2) is 8.78. The van der Waals surface area contributed by atoms with E-state index in [9.17, 15) is 9.59 Å². The molecule has 134 valence electrons. The smallest absolute Gasteiger partial charge is 0.271 e. The fourth-order valence-corrected chi connectivity index (χ4v) is 2.49. The van der Waals surface area contributed by atoms with Gasteiger partial charge in [-0.05, 0) is 42.5 Å². The first-order valence-corrected chi connectivity index (χ1v) is 8.56. The molecule has 6 heteroatoms. The fourth-order valence-electron chi connectivity index (χ4n) is 2.30. The average molecular weight is 378 g/mol. The molecule has 2 amide bonds. The molecule has 0 unspecified atom stereocenters. The molecule has 0 heterocycles. The Morgan fingerprint density at radius 2 is 1.41 bits per heavy atom. The third kappa shape index (κ3) is 5.03. The lowest BCUT2D eigenvalue weighted by atomic mass is 10.1. The predicted molar refractivity (Wildman–Crippen MR) is 107 cm³/mol. The Hall–Kier alpha value is -3.44. The Morgan fingerprint density at radius 1 is 0.778 bits per heavy atom. The molecular formula is C21H16ClN3O2. The second-order valence-corrected chi connectivity index (χ2v) is 6.03. The highest BCUT2D eigenvalue weighted by atomic mass is 35.5. The van der Waals surface area contributed by atoms with Crippen molar-refractivity contribution in [2.24, 2.45) is 5.10 Å². The van der Waals surface area contributed by atoms with Crippen LogP contribution in [-0.4, -0.2) is 18.0 Å². The lowest BCUT2D eigenvalue weighted by molar-refractivity contribution is 0.0954. The number of nitrogens with one attached hydrogen (secondary N) is 2. The number of carbonyl (C=O) groups excluding carboxylic acids is 2. The van der Waals surface area contributed by atoms with E-state index < -0.39 is 0 Å². The van der Waals surface area contributed by atoms with Gasteiger partial charge in [0.1, 0.15) is 0 Å². The van der Waals surface area contributed by atoms with Crippen molar-refractivity contribution in [2.75, 3.05) is 5.32 Å². The van der Waals surface area contributed by atoms with Crippen LogP contribution < -0.4 is 10.7 Å². The third-order valence-electron chi connectivity index (χ3n) is 3.72. The van der Waals surface area contributed by atoms with Crippen molar-refractivity contribution >= 4 is 35.3 Å². The molecule has 2 N–H and O–H groups in total. The van der Waals surface area contributed by atoms with Gasteiger partial charge in [-0.2, -0.15) is 5.10 Å². The van der Waals surface area contributed by atoms with E-state index in [0.717, 1.165) is 0 Å². The zero-order chi connectivity index (χ0) is 19.1. The van der Waals surface area contributed by atoms with Gasteiger partial charge in [-0.25, -0.2) is 5.43 Å². The number of nitrogens with zero attached hydrogens (tertiary/aromatic N) is 1. The molecule has 0 saturated carbocycles. The van der Waals surface area contributed by atoms with Crippen LogP contribution in [0, 0.1) is 0 Å². The molecule has 0 aliphatic rings. The molecule has 0 aliphatic carbocycles. The standard InChI is InChI=1S/C21H16ClN3O2/c22-19-9-5-4-8-17(19)14-23-25-21(27)16-10-12-18(13-11-16)24-20(26)15-6-2-1-3-7-15/h1-14H,(H,24,26)(H,25,27). The summed E-state index contributed by atoms with van der Waals surface area (Å²) >= 11 is 6.02. The number of benzene rings is 3. The van der Waals surface area contributed by atoms with Gasteiger partial charge < -0.3 is 5.32 Å². The van der Waals surface area contributed by atoms with Crippen molar-refractivity contribution in [1.29, 1.82) is 0 Å². The van der Waals surface area contributed by atoms with Crippen LogP contribution in [0.5, 0.6) is 0 Å². The maximum Gasteiger partial charge on any atom is 0.271 e. The first-order valence-electron chi connectivity index (χ1n) is 8.18. The Bertz CT molecular complexity index is 970. The number of hydrogen-bond acceptors (Lipinski definition) is 3. The fraction of sp³-hybridized carbons (Fsp3) is 0. The van der Waals surface area contributed by atoms with Crippen LogP contribution in [0.2, 0.25) is 5.02 Å². The van der Waals surface area contributed by atoms with Crippen LogP contribution >= 0.6 is 11.6 Å². The Kier molecular flexibility index (Phi) is 5.97. The highest BCUT2D eigenvalue weighted by molar-refractivity contribution is 6.33. The Balaban J connectivity index is 1.59. The molecule has 3 aromatic carbocycles. The minimum Gasteiger partial charge on any atom is -0.322 e. The summed E-state index contributed by atoms with van der Waals surface area (Å²) in [7, 11) is 0. The number of halogens is 1. The van der Waals surface area contributed by atoms with Crippen molar-refractivity contribution in [3.63, 3.8) is 0 Å². The quantitative estimate of drug-likeness (QED) is 0.512. The van der Waals surface area contributed by atoms with E-state index in [0.29, 0.717) is 27.4 Å². The predicted octanol–water partition coefficient (Wildman–Crippen LogP) is 4.36. The molecule has 0 spiro atoms. The minimum atomic E-state index is -0.362. The molecule has 0 aliphatic heterocycles. The number of carbonyl (C=O) groups is 2. The minimum absolute atomic E-state index is 0.211. The van der Waals surface area contributed by atoms with Gasteiger partial charge in [0.2, 0.25) is 0 Å². The van der Waals surface area contributed by atoms with Crippen molar-refractivity contribution in [3.05, 3.63) is 101 Å². The Labute approximate surface area is 161 Å². The molecule has 0 aromatic heterocycles. The Morgan fingerprint density at radius 3 is 2.11 bits per heavy atom. The van der Waals surface area contributed by atoms with Crippen molar-refractivity contribution < 1.29 is 9.59 Å². The maximum atomic E-state index is 12.1. The topological polar surface area (TPSA) is 70.6 Å².